The molecule has 0 saturated heterocycles. The minimum Gasteiger partial charge on any atom is -0.455 e. The van der Waals surface area contributed by atoms with Crippen LogP contribution < -0.4 is 0 Å². The van der Waals surface area contributed by atoms with Gasteiger partial charge in [-0.2, -0.15) is 5.10 Å². The quantitative estimate of drug-likeness (QED) is 0.483. The summed E-state index contributed by atoms with van der Waals surface area (Å²) in [5, 5.41) is 10.1. The van der Waals surface area contributed by atoms with Gasteiger partial charge in [0.1, 0.15) is 12.3 Å². The number of hydrogen-bond donors (Lipinski definition) is 0. The first-order valence-corrected chi connectivity index (χ1v) is 8.89. The first kappa shape index (κ1) is 16.3. The summed E-state index contributed by atoms with van der Waals surface area (Å²) in [6.07, 6.45) is 3.63. The van der Waals surface area contributed by atoms with Crippen molar-refractivity contribution in [3.8, 4) is 10.6 Å². The fraction of sp³-hybridized carbons (Fsp3) is 0.105. The van der Waals surface area contributed by atoms with Crippen molar-refractivity contribution < 1.29 is 14.1 Å². The van der Waals surface area contributed by atoms with Crippen LogP contribution in [0, 0.1) is 0 Å². The van der Waals surface area contributed by atoms with Crippen LogP contribution in [-0.2, 0) is 17.9 Å². The molecule has 0 saturated carbocycles. The summed E-state index contributed by atoms with van der Waals surface area (Å²) in [7, 11) is 0. The van der Waals surface area contributed by atoms with Crippen LogP contribution in [0.3, 0.4) is 0 Å². The van der Waals surface area contributed by atoms with Crippen LogP contribution in [0.5, 0.6) is 0 Å². The van der Waals surface area contributed by atoms with E-state index in [1.54, 1.807) is 35.7 Å². The lowest BCUT2D eigenvalue weighted by Gasteiger charge is -2.05. The van der Waals surface area contributed by atoms with Gasteiger partial charge < -0.3 is 9.26 Å². The molecular weight excluding hydrogens is 350 g/mol. The maximum absolute atomic E-state index is 12.2. The van der Waals surface area contributed by atoms with Crippen molar-refractivity contribution >= 4 is 17.3 Å². The number of esters is 1. The molecule has 0 aliphatic carbocycles. The van der Waals surface area contributed by atoms with E-state index >= 15 is 0 Å². The van der Waals surface area contributed by atoms with Crippen LogP contribution >= 0.6 is 11.3 Å². The van der Waals surface area contributed by atoms with Gasteiger partial charge in [0.2, 0.25) is 0 Å². The molecule has 0 fully saturated rings. The van der Waals surface area contributed by atoms with Crippen LogP contribution in [-0.4, -0.2) is 20.9 Å². The molecule has 1 aromatic carbocycles. The molecule has 3 aromatic heterocycles. The summed E-state index contributed by atoms with van der Waals surface area (Å²) < 4.78 is 12.4. The lowest BCUT2D eigenvalue weighted by Crippen LogP contribution is -2.06. The Hall–Kier alpha value is -3.19. The Labute approximate surface area is 153 Å². The third kappa shape index (κ3) is 3.73. The van der Waals surface area contributed by atoms with Gasteiger partial charge in [-0.05, 0) is 35.2 Å². The SMILES string of the molecule is O=C(OCc1cc(-c2cccs2)on1)c1ccc(Cn2cccn2)cc1. The first-order chi connectivity index (χ1) is 12.8. The van der Waals surface area contributed by atoms with Crippen molar-refractivity contribution in [1.82, 2.24) is 14.9 Å². The van der Waals surface area contributed by atoms with Crippen molar-refractivity contribution in [2.45, 2.75) is 13.2 Å². The normalized spacial score (nSPS) is 10.8. The van der Waals surface area contributed by atoms with Gasteiger partial charge in [0.25, 0.3) is 0 Å². The highest BCUT2D eigenvalue weighted by atomic mass is 32.1. The molecule has 0 bridgehead atoms. The van der Waals surface area contributed by atoms with Crippen molar-refractivity contribution in [2.24, 2.45) is 0 Å². The summed E-state index contributed by atoms with van der Waals surface area (Å²) >= 11 is 1.57. The van der Waals surface area contributed by atoms with E-state index in [1.807, 2.05) is 46.6 Å². The number of carbonyl (C=O) groups excluding carboxylic acids is 1. The lowest BCUT2D eigenvalue weighted by atomic mass is 10.1. The van der Waals surface area contributed by atoms with E-state index in [0.717, 1.165) is 10.4 Å². The zero-order valence-corrected chi connectivity index (χ0v) is 14.6. The second-order valence-electron chi connectivity index (χ2n) is 5.64. The molecule has 3 heterocycles. The summed E-state index contributed by atoms with van der Waals surface area (Å²) in [6, 6.07) is 14.8. The van der Waals surface area contributed by atoms with Gasteiger partial charge >= 0.3 is 5.97 Å². The molecule has 0 N–H and O–H groups in total. The van der Waals surface area contributed by atoms with Gasteiger partial charge in [0, 0.05) is 18.5 Å². The highest BCUT2D eigenvalue weighted by Crippen LogP contribution is 2.25. The first-order valence-electron chi connectivity index (χ1n) is 8.01. The average Bonchev–Trinajstić information content (AvgIpc) is 3.41. The van der Waals surface area contributed by atoms with E-state index in [9.17, 15) is 4.79 Å². The Kier molecular flexibility index (Phi) is 4.61. The van der Waals surface area contributed by atoms with Crippen LogP contribution in [0.15, 0.2) is 70.8 Å². The summed E-state index contributed by atoms with van der Waals surface area (Å²) in [5.74, 6) is 0.283. The molecule has 6 nitrogen and oxygen atoms in total. The zero-order valence-electron chi connectivity index (χ0n) is 13.7. The highest BCUT2D eigenvalue weighted by molar-refractivity contribution is 7.13. The molecule has 0 aliphatic heterocycles. The number of thiophene rings is 1. The average molecular weight is 365 g/mol. The minimum atomic E-state index is -0.392. The van der Waals surface area contributed by atoms with Crippen molar-refractivity contribution in [2.75, 3.05) is 0 Å². The van der Waals surface area contributed by atoms with E-state index in [0.29, 0.717) is 23.6 Å². The molecule has 130 valence electrons. The fourth-order valence-electron chi connectivity index (χ4n) is 2.46. The van der Waals surface area contributed by atoms with Gasteiger partial charge in [-0.25, -0.2) is 4.79 Å². The number of hydrogen-bond acceptors (Lipinski definition) is 6. The molecule has 4 aromatic rings. The molecule has 0 radical (unpaired) electrons. The molecule has 0 spiro atoms. The van der Waals surface area contributed by atoms with Crippen LogP contribution in [0.25, 0.3) is 10.6 Å². The van der Waals surface area contributed by atoms with E-state index in [1.165, 1.54) is 0 Å². The van der Waals surface area contributed by atoms with E-state index in [2.05, 4.69) is 10.3 Å². The van der Waals surface area contributed by atoms with Crippen LogP contribution in [0.1, 0.15) is 21.6 Å². The monoisotopic (exact) mass is 365 g/mol. The van der Waals surface area contributed by atoms with Crippen molar-refractivity contribution in [1.29, 1.82) is 0 Å². The fourth-order valence-corrected chi connectivity index (χ4v) is 3.14. The summed E-state index contributed by atoms with van der Waals surface area (Å²) in [4.78, 5) is 13.2. The van der Waals surface area contributed by atoms with Gasteiger partial charge in [-0.15, -0.1) is 11.3 Å². The summed E-state index contributed by atoms with van der Waals surface area (Å²) in [6.45, 7) is 0.732. The van der Waals surface area contributed by atoms with Crippen LogP contribution in [0.4, 0.5) is 0 Å². The predicted octanol–water partition coefficient (Wildman–Crippen LogP) is 4.00. The highest BCUT2D eigenvalue weighted by Gasteiger charge is 2.11. The van der Waals surface area contributed by atoms with Gasteiger partial charge in [0.15, 0.2) is 5.76 Å². The molecule has 0 aliphatic rings. The molecule has 0 amide bonds. The number of benzene rings is 1. The van der Waals surface area contributed by atoms with Gasteiger partial charge in [0.05, 0.1) is 17.0 Å². The van der Waals surface area contributed by atoms with Gasteiger partial charge in [-0.3, -0.25) is 4.68 Å². The predicted molar refractivity (Wildman–Crippen MR) is 96.7 cm³/mol. The number of nitrogens with zero attached hydrogens (tertiary/aromatic N) is 3. The Morgan fingerprint density at radius 1 is 1.19 bits per heavy atom. The van der Waals surface area contributed by atoms with Crippen molar-refractivity contribution in [3.63, 3.8) is 0 Å². The maximum atomic E-state index is 12.2. The molecule has 0 unspecified atom stereocenters. The van der Waals surface area contributed by atoms with E-state index in [-0.39, 0.29) is 6.61 Å². The topological polar surface area (TPSA) is 70.2 Å². The Morgan fingerprint density at radius 3 is 2.81 bits per heavy atom. The standard InChI is InChI=1S/C19H15N3O3S/c23-19(15-6-4-14(5-7-15)12-22-9-2-8-20-22)24-13-16-11-17(25-21-16)18-3-1-10-26-18/h1-11H,12-13H2. The molecule has 26 heavy (non-hydrogen) atoms. The third-order valence-corrected chi connectivity index (χ3v) is 4.65. The maximum Gasteiger partial charge on any atom is 0.338 e. The molecule has 0 atom stereocenters. The Morgan fingerprint density at radius 2 is 2.08 bits per heavy atom. The van der Waals surface area contributed by atoms with Gasteiger partial charge in [-0.1, -0.05) is 23.4 Å². The van der Waals surface area contributed by atoms with Crippen molar-refractivity contribution in [3.05, 3.63) is 83.1 Å². The smallest absolute Gasteiger partial charge is 0.338 e. The number of rotatable bonds is 6. The van der Waals surface area contributed by atoms with E-state index in [4.69, 9.17) is 9.26 Å². The zero-order chi connectivity index (χ0) is 17.8. The summed E-state index contributed by atoms with van der Waals surface area (Å²) in [5.41, 5.74) is 2.13. The second-order valence-corrected chi connectivity index (χ2v) is 6.58. The lowest BCUT2D eigenvalue weighted by molar-refractivity contribution is 0.0464. The number of ether oxygens (including phenoxy) is 1. The third-order valence-electron chi connectivity index (χ3n) is 3.77. The molecule has 4 rings (SSSR count). The molecular formula is C19H15N3O3S. The second kappa shape index (κ2) is 7.37. The largest absolute Gasteiger partial charge is 0.455 e. The number of carbonyl (C=O) groups is 1. The number of aromatic nitrogens is 3. The Bertz CT molecular complexity index is 974. The Balaban J connectivity index is 1.34. The van der Waals surface area contributed by atoms with Crippen LogP contribution in [0.2, 0.25) is 0 Å². The molecule has 7 heteroatoms. The van der Waals surface area contributed by atoms with E-state index < -0.39 is 5.97 Å². The minimum absolute atomic E-state index is 0.0722.